The topological polar surface area (TPSA) is 242 Å². The van der Waals surface area contributed by atoms with Gasteiger partial charge in [0.05, 0.1) is 18.5 Å². The molecule has 22 heteroatoms. The summed E-state index contributed by atoms with van der Waals surface area (Å²) in [6, 6.07) is 4.26. The van der Waals surface area contributed by atoms with Crippen molar-refractivity contribution in [1.82, 2.24) is 14.3 Å². The van der Waals surface area contributed by atoms with E-state index in [0.717, 1.165) is 18.3 Å². The molecule has 0 saturated carbocycles. The Morgan fingerprint density at radius 3 is 2.42 bits per heavy atom. The quantitative estimate of drug-likeness (QED) is 0.197. The van der Waals surface area contributed by atoms with Crippen LogP contribution in [0.1, 0.15) is 11.9 Å². The highest BCUT2D eigenvalue weighted by Gasteiger charge is 2.46. The molecule has 40 heavy (non-hydrogen) atoms. The van der Waals surface area contributed by atoms with Crippen molar-refractivity contribution in [3.63, 3.8) is 0 Å². The van der Waals surface area contributed by atoms with Crippen LogP contribution in [0.2, 0.25) is 0 Å². The van der Waals surface area contributed by atoms with Crippen molar-refractivity contribution in [2.24, 2.45) is 0 Å². The minimum atomic E-state index is -5.45. The monoisotopic (exact) mass is 619 g/mol. The highest BCUT2D eigenvalue weighted by atomic mass is 31.3. The predicted octanol–water partition coefficient (Wildman–Crippen LogP) is -0.0564. The molecule has 0 spiro atoms. The lowest BCUT2D eigenvalue weighted by molar-refractivity contribution is -0.274. The van der Waals surface area contributed by atoms with Crippen LogP contribution in [0.5, 0.6) is 5.75 Å². The number of nitrogens with zero attached hydrogens (tertiary/aromatic N) is 3. The molecule has 1 saturated heterocycles. The molecule has 1 fully saturated rings. The van der Waals surface area contributed by atoms with Gasteiger partial charge in [-0.2, -0.15) is 4.31 Å². The Morgan fingerprint density at radius 2 is 1.77 bits per heavy atom. The van der Waals surface area contributed by atoms with Crippen LogP contribution in [-0.2, 0) is 29.2 Å². The van der Waals surface area contributed by atoms with Crippen molar-refractivity contribution in [3.05, 3.63) is 57.0 Å². The van der Waals surface area contributed by atoms with Gasteiger partial charge in [0.2, 0.25) is 0 Å². The molecule has 17 nitrogen and oxygen atoms in total. The minimum Gasteiger partial charge on any atom is -0.405 e. The fourth-order valence-electron chi connectivity index (χ4n) is 3.78. The Balaban J connectivity index is 1.61. The zero-order valence-electron chi connectivity index (χ0n) is 19.4. The molecule has 220 valence electrons. The number of hydrogen-bond donors (Lipinski definition) is 5. The van der Waals surface area contributed by atoms with Gasteiger partial charge >= 0.3 is 27.7 Å². The number of aliphatic hydroxyl groups is 2. The molecule has 3 aromatic rings. The maximum absolute atomic E-state index is 13.1. The molecule has 1 aliphatic rings. The average molecular weight is 619 g/mol. The molecule has 1 aliphatic heterocycles. The van der Waals surface area contributed by atoms with Gasteiger partial charge in [0, 0.05) is 12.3 Å². The van der Waals surface area contributed by atoms with E-state index in [1.165, 1.54) is 12.1 Å². The number of phosphoric ester groups is 1. The first-order chi connectivity index (χ1) is 18.5. The smallest absolute Gasteiger partial charge is 0.405 e. The number of halogens is 3. The van der Waals surface area contributed by atoms with E-state index < -0.39 is 76.7 Å². The van der Waals surface area contributed by atoms with Crippen molar-refractivity contribution >= 4 is 26.6 Å². The van der Waals surface area contributed by atoms with Crippen LogP contribution < -0.4 is 16.0 Å². The summed E-state index contributed by atoms with van der Waals surface area (Å²) < 4.78 is 84.4. The number of phosphoric acid groups is 2. The van der Waals surface area contributed by atoms with Crippen molar-refractivity contribution in [1.29, 1.82) is 0 Å². The van der Waals surface area contributed by atoms with E-state index in [4.69, 9.17) is 19.0 Å². The average Bonchev–Trinajstić information content (AvgIpc) is 3.35. The number of aromatic nitrogens is 3. The molecule has 0 radical (unpaired) electrons. The molecule has 3 heterocycles. The minimum absolute atomic E-state index is 0.148. The first-order valence-corrected chi connectivity index (χ1v) is 13.7. The zero-order chi connectivity index (χ0) is 29.6. The zero-order valence-corrected chi connectivity index (χ0v) is 21.2. The third-order valence-electron chi connectivity index (χ3n) is 5.38. The third-order valence-corrected chi connectivity index (χ3v) is 7.53. The second kappa shape index (κ2) is 10.8. The third kappa shape index (κ3) is 6.69. The SMILES string of the molecule is O=c1ccn([C@@H]2O[C@H](COP(=O)(O)OP(=O)(O)O)[C@@H](O)[C@H]2O)c(=O)n1Cc1noc2cccc(OC(F)(F)F)c12. The maximum Gasteiger partial charge on any atom is 0.573 e. The van der Waals surface area contributed by atoms with Gasteiger partial charge in [0.25, 0.3) is 5.56 Å². The lowest BCUT2D eigenvalue weighted by atomic mass is 10.1. The maximum atomic E-state index is 13.1. The van der Waals surface area contributed by atoms with Crippen LogP contribution in [0, 0.1) is 0 Å². The molecule has 2 aromatic heterocycles. The molecule has 5 N–H and O–H groups in total. The summed E-state index contributed by atoms with van der Waals surface area (Å²) in [4.78, 5) is 52.3. The predicted molar refractivity (Wildman–Crippen MR) is 120 cm³/mol. The van der Waals surface area contributed by atoms with E-state index in [1.54, 1.807) is 0 Å². The first kappa shape index (κ1) is 30.1. The van der Waals surface area contributed by atoms with E-state index in [2.05, 4.69) is 18.7 Å². The van der Waals surface area contributed by atoms with Gasteiger partial charge in [-0.15, -0.1) is 13.2 Å². The van der Waals surface area contributed by atoms with E-state index in [1.807, 2.05) is 0 Å². The Hall–Kier alpha value is -2.90. The normalized spacial score (nSPS) is 23.4. The Kier molecular flexibility index (Phi) is 8.14. The molecule has 1 unspecified atom stereocenters. The molecule has 4 rings (SSSR count). The van der Waals surface area contributed by atoms with Gasteiger partial charge < -0.3 is 38.9 Å². The van der Waals surface area contributed by atoms with Gasteiger partial charge in [-0.25, -0.2) is 13.9 Å². The van der Waals surface area contributed by atoms with E-state index >= 15 is 0 Å². The highest BCUT2D eigenvalue weighted by molar-refractivity contribution is 7.60. The summed E-state index contributed by atoms with van der Waals surface area (Å²) in [7, 11) is -10.8. The molecule has 0 aliphatic carbocycles. The summed E-state index contributed by atoms with van der Waals surface area (Å²) in [6.45, 7) is -1.78. The van der Waals surface area contributed by atoms with Crippen LogP contribution in [0.4, 0.5) is 13.2 Å². The van der Waals surface area contributed by atoms with Gasteiger partial charge in [-0.1, -0.05) is 11.2 Å². The van der Waals surface area contributed by atoms with Crippen molar-refractivity contribution in [2.75, 3.05) is 6.61 Å². The number of ether oxygens (including phenoxy) is 2. The van der Waals surface area contributed by atoms with Crippen LogP contribution in [0.25, 0.3) is 11.0 Å². The van der Waals surface area contributed by atoms with Gasteiger partial charge in [-0.3, -0.25) is 18.5 Å². The Bertz CT molecular complexity index is 1610. The fourth-order valence-corrected chi connectivity index (χ4v) is 5.38. The van der Waals surface area contributed by atoms with Gasteiger partial charge in [-0.05, 0) is 12.1 Å². The van der Waals surface area contributed by atoms with Crippen molar-refractivity contribution in [2.45, 2.75) is 37.4 Å². The standard InChI is InChI=1S/C18H18F3N3O14P2/c19-18(20,21)36-9-2-1-3-10-13(9)8(22-37-10)6-24-12(25)4-5-23(17(24)28)16-15(27)14(26)11(35-16)7-34-40(32,33)38-39(29,30)31/h1-5,11,14-16,26-27H,6-7H2,(H,32,33)(H2,29,30,31)/t11-,14-,15-,16-/m1/s1. The number of rotatable bonds is 9. The molecule has 0 amide bonds. The summed E-state index contributed by atoms with van der Waals surface area (Å²) in [5.41, 5.74) is -2.58. The number of alkyl halides is 3. The second-order valence-electron chi connectivity index (χ2n) is 8.12. The van der Waals surface area contributed by atoms with Crippen LogP contribution in [-0.4, -0.2) is 70.5 Å². The van der Waals surface area contributed by atoms with Crippen molar-refractivity contribution < 1.29 is 70.0 Å². The Labute approximate surface area is 218 Å². The largest absolute Gasteiger partial charge is 0.573 e. The van der Waals surface area contributed by atoms with Gasteiger partial charge in [0.1, 0.15) is 29.8 Å². The van der Waals surface area contributed by atoms with Crippen LogP contribution >= 0.6 is 15.6 Å². The van der Waals surface area contributed by atoms with E-state index in [9.17, 15) is 47.0 Å². The van der Waals surface area contributed by atoms with Crippen molar-refractivity contribution in [3.8, 4) is 5.75 Å². The lowest BCUT2D eigenvalue weighted by Crippen LogP contribution is -2.43. The first-order valence-electron chi connectivity index (χ1n) is 10.7. The lowest BCUT2D eigenvalue weighted by Gasteiger charge is -2.19. The molecule has 0 bridgehead atoms. The highest BCUT2D eigenvalue weighted by Crippen LogP contribution is 2.57. The van der Waals surface area contributed by atoms with Crippen LogP contribution in [0.15, 0.2) is 44.6 Å². The Morgan fingerprint density at radius 1 is 1.07 bits per heavy atom. The summed E-state index contributed by atoms with van der Waals surface area (Å²) in [6.07, 6.45) is -11.4. The molecule has 5 atom stereocenters. The van der Waals surface area contributed by atoms with E-state index in [0.29, 0.717) is 9.13 Å². The van der Waals surface area contributed by atoms with E-state index in [-0.39, 0.29) is 16.7 Å². The number of fused-ring (bicyclic) bond motifs is 1. The summed E-state index contributed by atoms with van der Waals surface area (Å²) >= 11 is 0. The molecular weight excluding hydrogens is 601 g/mol. The second-order valence-corrected chi connectivity index (χ2v) is 10.9. The number of benzene rings is 1. The summed E-state index contributed by atoms with van der Waals surface area (Å²) in [5, 5.41) is 24.0. The summed E-state index contributed by atoms with van der Waals surface area (Å²) in [5.74, 6) is -0.713. The molecule has 1 aromatic carbocycles. The fraction of sp³-hybridized carbons (Fsp3) is 0.389. The number of aliphatic hydroxyl groups excluding tert-OH is 2. The number of hydrogen-bond acceptors (Lipinski definition) is 12. The van der Waals surface area contributed by atoms with Gasteiger partial charge in [0.15, 0.2) is 11.8 Å². The van der Waals surface area contributed by atoms with Crippen LogP contribution in [0.3, 0.4) is 0 Å². The molecular formula is C18H18F3N3O14P2.